The molecule has 1 amide bonds. The maximum Gasteiger partial charge on any atom is 0.320 e. The number of nitrogens with one attached hydrogen (secondary N) is 1. The first-order valence-corrected chi connectivity index (χ1v) is 8.67. The standard InChI is InChI=1S/C18H25N3O3/c22-17(13-21-9-4-7-16(21)18(23)24)19-11-14-8-10-20(12-14)15-5-2-1-3-6-15/h1-3,5-6,14,16H,4,7-13H2,(H,19,22)(H,23,24)/t14-,16-/m0/s1. The summed E-state index contributed by atoms with van der Waals surface area (Å²) < 4.78 is 0. The van der Waals surface area contributed by atoms with Gasteiger partial charge in [-0.3, -0.25) is 14.5 Å². The largest absolute Gasteiger partial charge is 0.480 e. The van der Waals surface area contributed by atoms with E-state index >= 15 is 0 Å². The molecular weight excluding hydrogens is 306 g/mol. The second kappa shape index (κ2) is 7.66. The number of anilines is 1. The fourth-order valence-corrected chi connectivity index (χ4v) is 3.67. The highest BCUT2D eigenvalue weighted by Crippen LogP contribution is 2.23. The number of hydrogen-bond donors (Lipinski definition) is 2. The average molecular weight is 331 g/mol. The van der Waals surface area contributed by atoms with Crippen LogP contribution in [0.15, 0.2) is 30.3 Å². The Morgan fingerprint density at radius 1 is 1.17 bits per heavy atom. The molecule has 1 aromatic carbocycles. The van der Waals surface area contributed by atoms with Crippen LogP contribution in [0.2, 0.25) is 0 Å². The molecule has 24 heavy (non-hydrogen) atoms. The third-order valence-electron chi connectivity index (χ3n) is 4.99. The first-order valence-electron chi connectivity index (χ1n) is 8.67. The first-order chi connectivity index (χ1) is 11.6. The van der Waals surface area contributed by atoms with Gasteiger partial charge in [0.2, 0.25) is 5.91 Å². The second-order valence-electron chi connectivity index (χ2n) is 6.71. The number of carbonyl (C=O) groups excluding carboxylic acids is 1. The zero-order valence-corrected chi connectivity index (χ0v) is 13.9. The van der Waals surface area contributed by atoms with E-state index in [0.717, 1.165) is 25.9 Å². The highest BCUT2D eigenvalue weighted by molar-refractivity contribution is 5.80. The van der Waals surface area contributed by atoms with Crippen molar-refractivity contribution >= 4 is 17.6 Å². The predicted octanol–water partition coefficient (Wildman–Crippen LogP) is 1.18. The molecule has 2 atom stereocenters. The predicted molar refractivity (Wildman–Crippen MR) is 92.0 cm³/mol. The van der Waals surface area contributed by atoms with Gasteiger partial charge in [-0.15, -0.1) is 0 Å². The monoisotopic (exact) mass is 331 g/mol. The molecule has 2 aliphatic rings. The Bertz CT molecular complexity index is 578. The van der Waals surface area contributed by atoms with Crippen LogP contribution in [0.5, 0.6) is 0 Å². The summed E-state index contributed by atoms with van der Waals surface area (Å²) in [7, 11) is 0. The van der Waals surface area contributed by atoms with E-state index in [-0.39, 0.29) is 12.5 Å². The van der Waals surface area contributed by atoms with Gasteiger partial charge < -0.3 is 15.3 Å². The van der Waals surface area contributed by atoms with Gasteiger partial charge in [-0.25, -0.2) is 0 Å². The zero-order valence-electron chi connectivity index (χ0n) is 13.9. The van der Waals surface area contributed by atoms with Crippen LogP contribution in [0.25, 0.3) is 0 Å². The molecule has 0 spiro atoms. The second-order valence-corrected chi connectivity index (χ2v) is 6.71. The van der Waals surface area contributed by atoms with Crippen LogP contribution in [0.4, 0.5) is 5.69 Å². The molecule has 0 radical (unpaired) electrons. The summed E-state index contributed by atoms with van der Waals surface area (Å²) in [5, 5.41) is 12.1. The summed E-state index contributed by atoms with van der Waals surface area (Å²) in [6.07, 6.45) is 2.55. The van der Waals surface area contributed by atoms with Crippen LogP contribution in [0, 0.1) is 5.92 Å². The molecule has 2 aliphatic heterocycles. The fourth-order valence-electron chi connectivity index (χ4n) is 3.67. The minimum absolute atomic E-state index is 0.0682. The van der Waals surface area contributed by atoms with Crippen LogP contribution >= 0.6 is 0 Å². The van der Waals surface area contributed by atoms with Gasteiger partial charge in [0.25, 0.3) is 0 Å². The van der Waals surface area contributed by atoms with Crippen LogP contribution in [0.3, 0.4) is 0 Å². The molecule has 3 rings (SSSR count). The van der Waals surface area contributed by atoms with E-state index in [1.54, 1.807) is 4.90 Å². The Morgan fingerprint density at radius 2 is 1.96 bits per heavy atom. The normalized spacial score (nSPS) is 24.2. The molecule has 2 fully saturated rings. The lowest BCUT2D eigenvalue weighted by molar-refractivity contribution is -0.142. The van der Waals surface area contributed by atoms with E-state index in [1.165, 1.54) is 5.69 Å². The average Bonchev–Trinajstić information content (AvgIpc) is 3.23. The van der Waals surface area contributed by atoms with Crippen LogP contribution in [-0.2, 0) is 9.59 Å². The van der Waals surface area contributed by atoms with E-state index in [0.29, 0.717) is 25.4 Å². The van der Waals surface area contributed by atoms with Crippen molar-refractivity contribution in [3.63, 3.8) is 0 Å². The quantitative estimate of drug-likeness (QED) is 0.819. The highest BCUT2D eigenvalue weighted by Gasteiger charge is 2.31. The first kappa shape index (κ1) is 16.8. The third-order valence-corrected chi connectivity index (χ3v) is 4.99. The lowest BCUT2D eigenvalue weighted by Crippen LogP contribution is -2.44. The molecule has 0 aliphatic carbocycles. The van der Waals surface area contributed by atoms with E-state index in [1.807, 2.05) is 18.2 Å². The molecule has 130 valence electrons. The molecule has 6 nitrogen and oxygen atoms in total. The number of carbonyl (C=O) groups is 2. The van der Waals surface area contributed by atoms with Crippen LogP contribution in [0.1, 0.15) is 19.3 Å². The smallest absolute Gasteiger partial charge is 0.320 e. The van der Waals surface area contributed by atoms with Crippen LogP contribution in [-0.4, -0.2) is 60.6 Å². The van der Waals surface area contributed by atoms with Gasteiger partial charge in [-0.1, -0.05) is 18.2 Å². The van der Waals surface area contributed by atoms with Crippen molar-refractivity contribution in [2.45, 2.75) is 25.3 Å². The number of carboxylic acids is 1. The van der Waals surface area contributed by atoms with E-state index < -0.39 is 12.0 Å². The Morgan fingerprint density at radius 3 is 2.71 bits per heavy atom. The summed E-state index contributed by atoms with van der Waals surface area (Å²) in [5.74, 6) is -0.445. The summed E-state index contributed by atoms with van der Waals surface area (Å²) in [5.41, 5.74) is 1.23. The summed E-state index contributed by atoms with van der Waals surface area (Å²) >= 11 is 0. The number of para-hydroxylation sites is 1. The van der Waals surface area contributed by atoms with Gasteiger partial charge in [-0.05, 0) is 43.9 Å². The van der Waals surface area contributed by atoms with Crippen molar-refractivity contribution in [3.05, 3.63) is 30.3 Å². The maximum absolute atomic E-state index is 12.1. The van der Waals surface area contributed by atoms with E-state index in [4.69, 9.17) is 5.11 Å². The summed E-state index contributed by atoms with van der Waals surface area (Å²) in [6, 6.07) is 9.82. The van der Waals surface area contributed by atoms with Crippen LogP contribution < -0.4 is 10.2 Å². The SMILES string of the molecule is O=C(CN1CCC[C@H]1C(=O)O)NC[C@@H]1CCN(c2ccccc2)C1. The zero-order chi connectivity index (χ0) is 16.9. The fraction of sp³-hybridized carbons (Fsp3) is 0.556. The summed E-state index contributed by atoms with van der Waals surface area (Å²) in [4.78, 5) is 27.4. The Hall–Kier alpha value is -2.08. The number of amides is 1. The van der Waals surface area contributed by atoms with E-state index in [2.05, 4.69) is 22.3 Å². The molecule has 0 aromatic heterocycles. The lowest BCUT2D eigenvalue weighted by Gasteiger charge is -2.21. The number of aliphatic carboxylic acids is 1. The Labute approximate surface area is 142 Å². The number of rotatable bonds is 6. The topological polar surface area (TPSA) is 72.9 Å². The van der Waals surface area contributed by atoms with Crippen molar-refractivity contribution in [1.29, 1.82) is 0 Å². The van der Waals surface area contributed by atoms with Crippen molar-refractivity contribution < 1.29 is 14.7 Å². The minimum atomic E-state index is -0.824. The van der Waals surface area contributed by atoms with Gasteiger partial charge in [0.05, 0.1) is 6.54 Å². The Kier molecular flexibility index (Phi) is 5.35. The lowest BCUT2D eigenvalue weighted by atomic mass is 10.1. The molecule has 1 aromatic rings. The van der Waals surface area contributed by atoms with Gasteiger partial charge in [0.15, 0.2) is 0 Å². The third kappa shape index (κ3) is 4.06. The van der Waals surface area contributed by atoms with Crippen molar-refractivity contribution in [1.82, 2.24) is 10.2 Å². The Balaban J connectivity index is 1.42. The molecule has 0 saturated carbocycles. The molecular formula is C18H25N3O3. The van der Waals surface area contributed by atoms with Crippen molar-refractivity contribution in [3.8, 4) is 0 Å². The van der Waals surface area contributed by atoms with Crippen molar-refractivity contribution in [2.75, 3.05) is 37.6 Å². The van der Waals surface area contributed by atoms with Gasteiger partial charge in [0, 0.05) is 25.3 Å². The maximum atomic E-state index is 12.1. The van der Waals surface area contributed by atoms with Gasteiger partial charge in [-0.2, -0.15) is 0 Å². The molecule has 2 saturated heterocycles. The highest BCUT2D eigenvalue weighted by atomic mass is 16.4. The number of likely N-dealkylation sites (tertiary alicyclic amines) is 1. The van der Waals surface area contributed by atoms with Gasteiger partial charge >= 0.3 is 5.97 Å². The van der Waals surface area contributed by atoms with Gasteiger partial charge in [0.1, 0.15) is 6.04 Å². The molecule has 6 heteroatoms. The molecule has 0 unspecified atom stereocenters. The number of carboxylic acid groups (broad SMARTS) is 1. The number of benzene rings is 1. The number of hydrogen-bond acceptors (Lipinski definition) is 4. The minimum Gasteiger partial charge on any atom is -0.480 e. The molecule has 2 N–H and O–H groups in total. The molecule has 2 heterocycles. The van der Waals surface area contributed by atoms with Crippen molar-refractivity contribution in [2.24, 2.45) is 5.92 Å². The van der Waals surface area contributed by atoms with E-state index in [9.17, 15) is 9.59 Å². The number of nitrogens with zero attached hydrogens (tertiary/aromatic N) is 2. The molecule has 0 bridgehead atoms. The summed E-state index contributed by atoms with van der Waals surface area (Å²) in [6.45, 7) is 3.50.